The maximum Gasteiger partial charge on any atom is 0.289 e. The molecule has 1 amide bonds. The number of aliphatic hydroxyl groups is 1. The smallest absolute Gasteiger partial charge is 0.289 e. The molecule has 1 aliphatic rings. The lowest BCUT2D eigenvalue weighted by molar-refractivity contribution is 0.0448. The van der Waals surface area contributed by atoms with Gasteiger partial charge in [-0.15, -0.1) is 0 Å². The van der Waals surface area contributed by atoms with E-state index in [2.05, 4.69) is 0 Å². The van der Waals surface area contributed by atoms with Gasteiger partial charge in [-0.3, -0.25) is 4.79 Å². The third kappa shape index (κ3) is 1.80. The number of likely N-dealkylation sites (tertiary alicyclic amines) is 1. The fourth-order valence-electron chi connectivity index (χ4n) is 1.70. The number of hydrogen-bond donors (Lipinski definition) is 1. The van der Waals surface area contributed by atoms with E-state index in [9.17, 15) is 9.90 Å². The predicted octanol–water partition coefficient (Wildman–Crippen LogP) is 0.877. The first-order valence-corrected chi connectivity index (χ1v) is 4.78. The highest BCUT2D eigenvalue weighted by Crippen LogP contribution is 2.13. The first-order chi connectivity index (χ1) is 6.77. The normalized spacial score (nSPS) is 22.4. The molecule has 1 aromatic rings. The average molecular weight is 195 g/mol. The number of piperidine rings is 1. The SMILES string of the molecule is O=C(c1ccco1)N1CCCC(O)C1. The minimum absolute atomic E-state index is 0.131. The van der Waals surface area contributed by atoms with Crippen LogP contribution in [0.2, 0.25) is 0 Å². The molecule has 0 radical (unpaired) electrons. The number of nitrogens with zero attached hydrogens (tertiary/aromatic N) is 1. The van der Waals surface area contributed by atoms with Crippen molar-refractivity contribution >= 4 is 5.91 Å². The van der Waals surface area contributed by atoms with Crippen molar-refractivity contribution in [2.24, 2.45) is 0 Å². The van der Waals surface area contributed by atoms with Crippen LogP contribution in [-0.2, 0) is 0 Å². The van der Waals surface area contributed by atoms with Crippen LogP contribution in [-0.4, -0.2) is 35.1 Å². The van der Waals surface area contributed by atoms with Crippen LogP contribution in [0.1, 0.15) is 23.4 Å². The van der Waals surface area contributed by atoms with E-state index in [4.69, 9.17) is 4.42 Å². The van der Waals surface area contributed by atoms with Gasteiger partial charge in [-0.25, -0.2) is 0 Å². The molecule has 1 unspecified atom stereocenters. The van der Waals surface area contributed by atoms with Gasteiger partial charge in [0.15, 0.2) is 5.76 Å². The first-order valence-electron chi connectivity index (χ1n) is 4.78. The van der Waals surface area contributed by atoms with Crippen molar-refractivity contribution in [2.45, 2.75) is 18.9 Å². The molecule has 1 fully saturated rings. The molecule has 0 bridgehead atoms. The number of β-amino-alcohol motifs (C(OH)–C–C–N with tert-alkyl or cyclic N) is 1. The highest BCUT2D eigenvalue weighted by molar-refractivity contribution is 5.91. The molecule has 2 heterocycles. The summed E-state index contributed by atoms with van der Waals surface area (Å²) in [6, 6.07) is 3.33. The summed E-state index contributed by atoms with van der Waals surface area (Å²) in [6.45, 7) is 1.12. The summed E-state index contributed by atoms with van der Waals surface area (Å²) in [6.07, 6.45) is 2.73. The van der Waals surface area contributed by atoms with E-state index in [0.717, 1.165) is 12.8 Å². The van der Waals surface area contributed by atoms with E-state index < -0.39 is 0 Å². The molecule has 4 nitrogen and oxygen atoms in total. The van der Waals surface area contributed by atoms with Crippen LogP contribution < -0.4 is 0 Å². The molecule has 1 N–H and O–H groups in total. The Hall–Kier alpha value is -1.29. The van der Waals surface area contributed by atoms with E-state index in [1.807, 2.05) is 0 Å². The molecule has 0 saturated carbocycles. The molecule has 0 spiro atoms. The molecule has 2 rings (SSSR count). The minimum Gasteiger partial charge on any atom is -0.459 e. The summed E-state index contributed by atoms with van der Waals surface area (Å²) < 4.78 is 5.01. The molecule has 4 heteroatoms. The fraction of sp³-hybridized carbons (Fsp3) is 0.500. The van der Waals surface area contributed by atoms with E-state index in [0.29, 0.717) is 18.8 Å². The van der Waals surface area contributed by atoms with Crippen molar-refractivity contribution in [3.05, 3.63) is 24.2 Å². The third-order valence-electron chi connectivity index (χ3n) is 2.42. The predicted molar refractivity (Wildman–Crippen MR) is 49.9 cm³/mol. The Morgan fingerprint density at radius 2 is 2.50 bits per heavy atom. The highest BCUT2D eigenvalue weighted by Gasteiger charge is 2.24. The zero-order chi connectivity index (χ0) is 9.97. The van der Waals surface area contributed by atoms with Crippen molar-refractivity contribution < 1.29 is 14.3 Å². The Balaban J connectivity index is 2.04. The van der Waals surface area contributed by atoms with Crippen LogP contribution in [0.3, 0.4) is 0 Å². The maximum atomic E-state index is 11.7. The molecular formula is C10H13NO3. The van der Waals surface area contributed by atoms with Gasteiger partial charge in [-0.1, -0.05) is 0 Å². The molecule has 1 saturated heterocycles. The molecule has 1 aromatic heterocycles. The molecular weight excluding hydrogens is 182 g/mol. The van der Waals surface area contributed by atoms with Crippen LogP contribution in [0.4, 0.5) is 0 Å². The Bertz CT molecular complexity index is 307. The third-order valence-corrected chi connectivity index (χ3v) is 2.42. The maximum absolute atomic E-state index is 11.7. The van der Waals surface area contributed by atoms with Gasteiger partial charge in [0, 0.05) is 13.1 Å². The number of carbonyl (C=O) groups excluding carboxylic acids is 1. The summed E-state index contributed by atoms with van der Waals surface area (Å²) in [4.78, 5) is 13.4. The first kappa shape index (κ1) is 9.27. The zero-order valence-corrected chi connectivity index (χ0v) is 7.85. The van der Waals surface area contributed by atoms with Gasteiger partial charge in [0.1, 0.15) is 0 Å². The summed E-state index contributed by atoms with van der Waals surface area (Å²) >= 11 is 0. The Morgan fingerprint density at radius 1 is 1.64 bits per heavy atom. The molecule has 1 atom stereocenters. The second-order valence-electron chi connectivity index (χ2n) is 3.52. The number of aliphatic hydroxyl groups excluding tert-OH is 1. The van der Waals surface area contributed by atoms with Crippen molar-refractivity contribution in [3.8, 4) is 0 Å². The summed E-state index contributed by atoms with van der Waals surface area (Å²) in [5, 5.41) is 9.40. The number of rotatable bonds is 1. The number of furan rings is 1. The molecule has 0 aliphatic carbocycles. The van der Waals surface area contributed by atoms with Gasteiger partial charge in [0.2, 0.25) is 0 Å². The lowest BCUT2D eigenvalue weighted by atomic mass is 10.1. The van der Waals surface area contributed by atoms with Crippen LogP contribution in [0, 0.1) is 0 Å². The topological polar surface area (TPSA) is 53.7 Å². The van der Waals surface area contributed by atoms with E-state index >= 15 is 0 Å². The summed E-state index contributed by atoms with van der Waals surface area (Å²) in [5.41, 5.74) is 0. The van der Waals surface area contributed by atoms with Crippen LogP contribution in [0.25, 0.3) is 0 Å². The van der Waals surface area contributed by atoms with Gasteiger partial charge < -0.3 is 14.4 Å². The lowest BCUT2D eigenvalue weighted by Gasteiger charge is -2.29. The van der Waals surface area contributed by atoms with Crippen molar-refractivity contribution in [2.75, 3.05) is 13.1 Å². The number of hydrogen-bond acceptors (Lipinski definition) is 3. The monoisotopic (exact) mass is 195 g/mol. The van der Waals surface area contributed by atoms with Gasteiger partial charge in [0.05, 0.1) is 12.4 Å². The second kappa shape index (κ2) is 3.84. The van der Waals surface area contributed by atoms with Crippen molar-refractivity contribution in [1.82, 2.24) is 4.90 Å². The standard InChI is InChI=1S/C10H13NO3/c12-8-3-1-5-11(7-8)10(13)9-4-2-6-14-9/h2,4,6,8,12H,1,3,5,7H2. The van der Waals surface area contributed by atoms with Crippen LogP contribution in [0.5, 0.6) is 0 Å². The Labute approximate surface area is 82.1 Å². The summed E-state index contributed by atoms with van der Waals surface area (Å²) in [5.74, 6) is 0.216. The van der Waals surface area contributed by atoms with Gasteiger partial charge in [-0.05, 0) is 25.0 Å². The van der Waals surface area contributed by atoms with E-state index in [-0.39, 0.29) is 12.0 Å². The minimum atomic E-state index is -0.386. The van der Waals surface area contributed by atoms with Crippen molar-refractivity contribution in [1.29, 1.82) is 0 Å². The fourth-order valence-corrected chi connectivity index (χ4v) is 1.70. The Morgan fingerprint density at radius 3 is 3.14 bits per heavy atom. The van der Waals surface area contributed by atoms with Crippen LogP contribution in [0.15, 0.2) is 22.8 Å². The van der Waals surface area contributed by atoms with Gasteiger partial charge >= 0.3 is 0 Å². The van der Waals surface area contributed by atoms with E-state index in [1.165, 1.54) is 6.26 Å². The molecule has 0 aromatic carbocycles. The second-order valence-corrected chi connectivity index (χ2v) is 3.52. The van der Waals surface area contributed by atoms with E-state index in [1.54, 1.807) is 17.0 Å². The molecule has 14 heavy (non-hydrogen) atoms. The van der Waals surface area contributed by atoms with Gasteiger partial charge in [-0.2, -0.15) is 0 Å². The molecule has 76 valence electrons. The zero-order valence-electron chi connectivity index (χ0n) is 7.85. The quantitative estimate of drug-likeness (QED) is 0.723. The molecule has 1 aliphatic heterocycles. The number of carbonyl (C=O) groups is 1. The van der Waals surface area contributed by atoms with Crippen molar-refractivity contribution in [3.63, 3.8) is 0 Å². The largest absolute Gasteiger partial charge is 0.459 e. The number of amides is 1. The van der Waals surface area contributed by atoms with Gasteiger partial charge in [0.25, 0.3) is 5.91 Å². The van der Waals surface area contributed by atoms with Crippen LogP contribution >= 0.6 is 0 Å². The average Bonchev–Trinajstić information content (AvgIpc) is 2.69. The highest BCUT2D eigenvalue weighted by atomic mass is 16.3. The lowest BCUT2D eigenvalue weighted by Crippen LogP contribution is -2.42. The Kier molecular flexibility index (Phi) is 2.54. The summed E-state index contributed by atoms with van der Waals surface area (Å²) in [7, 11) is 0.